The van der Waals surface area contributed by atoms with Crippen LogP contribution in [0.15, 0.2) is 66.8 Å². The van der Waals surface area contributed by atoms with Crippen LogP contribution in [0.2, 0.25) is 0 Å². The average molecular weight is 551 g/mol. The van der Waals surface area contributed by atoms with Crippen LogP contribution in [-0.4, -0.2) is 12.7 Å². The molecular formula is C17H15I2NO2S. The molecule has 2 aromatic rings. The highest BCUT2D eigenvalue weighted by atomic mass is 127. The second-order valence-corrected chi connectivity index (χ2v) is 9.58. The number of benzene rings is 2. The lowest BCUT2D eigenvalue weighted by molar-refractivity contribution is 0.431. The zero-order chi connectivity index (χ0) is 16.6. The number of hydrogen-bond donors (Lipinski definition) is 0. The van der Waals surface area contributed by atoms with Gasteiger partial charge in [-0.25, -0.2) is 8.42 Å². The molecule has 0 aliphatic carbocycles. The van der Waals surface area contributed by atoms with E-state index in [2.05, 4.69) is 45.2 Å². The van der Waals surface area contributed by atoms with Crippen molar-refractivity contribution in [3.8, 4) is 0 Å². The first-order valence-electron chi connectivity index (χ1n) is 7.11. The summed E-state index contributed by atoms with van der Waals surface area (Å²) in [6, 6.07) is 16.7. The maximum absolute atomic E-state index is 13.2. The van der Waals surface area contributed by atoms with Crippen LogP contribution in [0.1, 0.15) is 23.6 Å². The molecule has 1 aliphatic rings. The molecule has 6 heteroatoms. The fraction of sp³-hybridized carbons (Fsp3) is 0.176. The van der Waals surface area contributed by atoms with Crippen molar-refractivity contribution < 1.29 is 8.42 Å². The summed E-state index contributed by atoms with van der Waals surface area (Å²) in [5.74, 6) is 0. The Morgan fingerprint density at radius 3 is 2.22 bits per heavy atom. The first-order chi connectivity index (χ1) is 10.9. The predicted molar refractivity (Wildman–Crippen MR) is 109 cm³/mol. The second kappa shape index (κ2) is 6.72. The normalized spacial score (nSPS) is 18.6. The van der Waals surface area contributed by atoms with Crippen molar-refractivity contribution in [2.45, 2.75) is 24.3 Å². The zero-order valence-electron chi connectivity index (χ0n) is 12.4. The van der Waals surface area contributed by atoms with Gasteiger partial charge in [-0.15, -0.1) is 0 Å². The molecule has 0 saturated heterocycles. The molecule has 0 bridgehead atoms. The molecule has 1 aliphatic heterocycles. The topological polar surface area (TPSA) is 37.4 Å². The molecule has 3 rings (SSSR count). The molecule has 0 radical (unpaired) electrons. The highest BCUT2D eigenvalue weighted by Gasteiger charge is 2.39. The van der Waals surface area contributed by atoms with Gasteiger partial charge in [0.05, 0.1) is 10.9 Å². The van der Waals surface area contributed by atoms with Gasteiger partial charge < -0.3 is 0 Å². The van der Waals surface area contributed by atoms with Crippen molar-refractivity contribution in [3.05, 3.63) is 73.0 Å². The SMILES string of the molecule is Cc1ccc(S(=O)(=O)N2C(I)=C(I)CC2c2ccccc2)cc1. The van der Waals surface area contributed by atoms with Crippen molar-refractivity contribution in [3.63, 3.8) is 0 Å². The van der Waals surface area contributed by atoms with E-state index in [1.165, 1.54) is 0 Å². The molecule has 0 fully saturated rings. The Morgan fingerprint density at radius 1 is 1.00 bits per heavy atom. The second-order valence-electron chi connectivity index (χ2n) is 5.44. The van der Waals surface area contributed by atoms with Crippen LogP contribution in [-0.2, 0) is 10.0 Å². The van der Waals surface area contributed by atoms with Gasteiger partial charge in [-0.2, -0.15) is 0 Å². The molecule has 2 aromatic carbocycles. The van der Waals surface area contributed by atoms with E-state index in [-0.39, 0.29) is 6.04 Å². The van der Waals surface area contributed by atoms with Gasteiger partial charge in [0.1, 0.15) is 3.70 Å². The summed E-state index contributed by atoms with van der Waals surface area (Å²) in [6.07, 6.45) is 0.716. The fourth-order valence-corrected chi connectivity index (χ4v) is 6.35. The van der Waals surface area contributed by atoms with Gasteiger partial charge in [0.15, 0.2) is 0 Å². The Labute approximate surface area is 164 Å². The Bertz CT molecular complexity index is 846. The van der Waals surface area contributed by atoms with E-state index in [1.54, 1.807) is 16.4 Å². The quantitative estimate of drug-likeness (QED) is 0.390. The van der Waals surface area contributed by atoms with E-state index in [1.807, 2.05) is 49.4 Å². The van der Waals surface area contributed by atoms with Crippen molar-refractivity contribution in [1.29, 1.82) is 0 Å². The van der Waals surface area contributed by atoms with Crippen LogP contribution in [0.3, 0.4) is 0 Å². The molecule has 1 heterocycles. The Kier molecular flexibility index (Phi) is 5.03. The number of hydrogen-bond acceptors (Lipinski definition) is 2. The van der Waals surface area contributed by atoms with Crippen LogP contribution in [0.25, 0.3) is 0 Å². The van der Waals surface area contributed by atoms with Crippen LogP contribution in [0.4, 0.5) is 0 Å². The number of sulfonamides is 1. The average Bonchev–Trinajstić information content (AvgIpc) is 2.85. The lowest BCUT2D eigenvalue weighted by atomic mass is 10.1. The lowest BCUT2D eigenvalue weighted by Crippen LogP contribution is -2.29. The highest BCUT2D eigenvalue weighted by Crippen LogP contribution is 2.47. The van der Waals surface area contributed by atoms with Gasteiger partial charge in [-0.1, -0.05) is 48.0 Å². The first kappa shape index (κ1) is 17.2. The van der Waals surface area contributed by atoms with Gasteiger partial charge in [-0.3, -0.25) is 4.31 Å². The van der Waals surface area contributed by atoms with Crippen LogP contribution < -0.4 is 0 Å². The monoisotopic (exact) mass is 551 g/mol. The molecule has 0 amide bonds. The maximum atomic E-state index is 13.2. The number of nitrogens with zero attached hydrogens (tertiary/aromatic N) is 1. The summed E-state index contributed by atoms with van der Waals surface area (Å²) in [5, 5.41) is 0. The molecule has 0 spiro atoms. The van der Waals surface area contributed by atoms with Crippen LogP contribution in [0.5, 0.6) is 0 Å². The zero-order valence-corrected chi connectivity index (χ0v) is 17.5. The van der Waals surface area contributed by atoms with Crippen LogP contribution >= 0.6 is 45.2 Å². The van der Waals surface area contributed by atoms with E-state index in [4.69, 9.17) is 0 Å². The van der Waals surface area contributed by atoms with Crippen molar-refractivity contribution in [2.24, 2.45) is 0 Å². The maximum Gasteiger partial charge on any atom is 0.265 e. The lowest BCUT2D eigenvalue weighted by Gasteiger charge is -2.27. The van der Waals surface area contributed by atoms with Crippen LogP contribution in [0, 0.1) is 6.92 Å². The highest BCUT2D eigenvalue weighted by molar-refractivity contribution is 14.1. The summed E-state index contributed by atoms with van der Waals surface area (Å²) in [6.45, 7) is 1.95. The Balaban J connectivity index is 2.08. The van der Waals surface area contributed by atoms with Crippen molar-refractivity contribution in [2.75, 3.05) is 0 Å². The Morgan fingerprint density at radius 2 is 1.61 bits per heavy atom. The van der Waals surface area contributed by atoms with E-state index < -0.39 is 10.0 Å². The number of aryl methyl sites for hydroxylation is 1. The molecular weight excluding hydrogens is 536 g/mol. The van der Waals surface area contributed by atoms with Gasteiger partial charge >= 0.3 is 0 Å². The van der Waals surface area contributed by atoms with Gasteiger partial charge in [0.25, 0.3) is 10.0 Å². The summed E-state index contributed by atoms with van der Waals surface area (Å²) in [7, 11) is -3.57. The molecule has 120 valence electrons. The van der Waals surface area contributed by atoms with Gasteiger partial charge in [0.2, 0.25) is 0 Å². The summed E-state index contributed by atoms with van der Waals surface area (Å²) < 4.78 is 29.8. The summed E-state index contributed by atoms with van der Waals surface area (Å²) in [4.78, 5) is 0.337. The predicted octanol–water partition coefficient (Wildman–Crippen LogP) is 5.17. The number of halogens is 2. The van der Waals surface area contributed by atoms with E-state index >= 15 is 0 Å². The first-order valence-corrected chi connectivity index (χ1v) is 10.7. The molecule has 1 atom stereocenters. The standard InChI is InChI=1S/C17H15I2NO2S/c1-12-7-9-14(10-8-12)23(21,22)20-16(11-15(18)17(20)19)13-5-3-2-4-6-13/h2-10,16H,11H2,1H3. The summed E-state index contributed by atoms with van der Waals surface area (Å²) >= 11 is 4.39. The largest absolute Gasteiger partial charge is 0.265 e. The van der Waals surface area contributed by atoms with E-state index in [0.717, 1.165) is 18.4 Å². The van der Waals surface area contributed by atoms with Gasteiger partial charge in [0, 0.05) is 10.0 Å². The molecule has 3 nitrogen and oxygen atoms in total. The van der Waals surface area contributed by atoms with Gasteiger partial charge in [-0.05, 0) is 69.8 Å². The molecule has 0 aromatic heterocycles. The molecule has 1 unspecified atom stereocenters. The minimum atomic E-state index is -3.57. The minimum Gasteiger partial charge on any atom is -0.252 e. The number of rotatable bonds is 3. The minimum absolute atomic E-state index is 0.179. The molecule has 0 N–H and O–H groups in total. The van der Waals surface area contributed by atoms with E-state index in [0.29, 0.717) is 11.3 Å². The Hall–Kier alpha value is -0.610. The van der Waals surface area contributed by atoms with E-state index in [9.17, 15) is 8.42 Å². The fourth-order valence-electron chi connectivity index (χ4n) is 2.62. The summed E-state index contributed by atoms with van der Waals surface area (Å²) in [5.41, 5.74) is 2.06. The third kappa shape index (κ3) is 3.30. The molecule has 0 saturated carbocycles. The third-order valence-corrected chi connectivity index (χ3v) is 9.14. The molecule has 23 heavy (non-hydrogen) atoms. The third-order valence-electron chi connectivity index (χ3n) is 3.84. The van der Waals surface area contributed by atoms with Crippen molar-refractivity contribution in [1.82, 2.24) is 4.31 Å². The smallest absolute Gasteiger partial charge is 0.252 e. The van der Waals surface area contributed by atoms with Crippen molar-refractivity contribution >= 4 is 55.2 Å².